The Morgan fingerprint density at radius 1 is 1.33 bits per heavy atom. The second kappa shape index (κ2) is 5.91. The van der Waals surface area contributed by atoms with Crippen LogP contribution in [0.2, 0.25) is 0 Å². The second-order valence-corrected chi connectivity index (χ2v) is 3.16. The van der Waals surface area contributed by atoms with Gasteiger partial charge in [0.05, 0.1) is 0 Å². The van der Waals surface area contributed by atoms with Gasteiger partial charge in [0.1, 0.15) is 0 Å². The number of halogens is 1. The highest BCUT2D eigenvalue weighted by molar-refractivity contribution is 8.13. The molecule has 0 spiro atoms. The molecular formula is C8H11ClN2S. The summed E-state index contributed by atoms with van der Waals surface area (Å²) < 4.78 is 0. The normalized spacial score (nSPS) is 8.67. The van der Waals surface area contributed by atoms with Gasteiger partial charge in [0.15, 0.2) is 5.17 Å². The van der Waals surface area contributed by atoms with E-state index in [1.165, 1.54) is 17.3 Å². The van der Waals surface area contributed by atoms with E-state index in [4.69, 9.17) is 11.1 Å². The van der Waals surface area contributed by atoms with Crippen LogP contribution in [0.25, 0.3) is 0 Å². The first-order valence-corrected chi connectivity index (χ1v) is 4.28. The molecule has 0 unspecified atom stereocenters. The molecule has 12 heavy (non-hydrogen) atoms. The van der Waals surface area contributed by atoms with Crippen LogP contribution in [0.5, 0.6) is 0 Å². The molecular weight excluding hydrogens is 192 g/mol. The second-order valence-electron chi connectivity index (χ2n) is 2.14. The molecule has 3 N–H and O–H groups in total. The van der Waals surface area contributed by atoms with Crippen LogP contribution in [-0.2, 0) is 5.75 Å². The van der Waals surface area contributed by atoms with Crippen molar-refractivity contribution in [2.24, 2.45) is 5.73 Å². The molecule has 0 aliphatic rings. The molecule has 0 saturated carbocycles. The van der Waals surface area contributed by atoms with Crippen molar-refractivity contribution in [1.29, 1.82) is 5.41 Å². The molecule has 66 valence electrons. The van der Waals surface area contributed by atoms with Crippen LogP contribution in [0.1, 0.15) is 5.56 Å². The third-order valence-electron chi connectivity index (χ3n) is 1.24. The number of nitrogens with one attached hydrogen (secondary N) is 1. The van der Waals surface area contributed by atoms with Crippen LogP contribution < -0.4 is 5.73 Å². The summed E-state index contributed by atoms with van der Waals surface area (Å²) in [6, 6.07) is 9.99. The van der Waals surface area contributed by atoms with Crippen molar-refractivity contribution >= 4 is 29.3 Å². The molecule has 0 saturated heterocycles. The zero-order valence-electron chi connectivity index (χ0n) is 6.49. The van der Waals surface area contributed by atoms with Crippen LogP contribution in [-0.4, -0.2) is 5.17 Å². The fourth-order valence-electron chi connectivity index (χ4n) is 0.735. The first kappa shape index (κ1) is 11.3. The van der Waals surface area contributed by atoms with Gasteiger partial charge in [-0.25, -0.2) is 0 Å². The van der Waals surface area contributed by atoms with Gasteiger partial charge in [0.25, 0.3) is 0 Å². The lowest BCUT2D eigenvalue weighted by Crippen LogP contribution is -2.03. The van der Waals surface area contributed by atoms with Crippen molar-refractivity contribution in [3.8, 4) is 0 Å². The maximum atomic E-state index is 6.98. The molecule has 0 fully saturated rings. The van der Waals surface area contributed by atoms with E-state index in [0.29, 0.717) is 0 Å². The molecule has 2 nitrogen and oxygen atoms in total. The van der Waals surface area contributed by atoms with Gasteiger partial charge < -0.3 is 5.73 Å². The minimum Gasteiger partial charge on any atom is -0.379 e. The number of thioether (sulfide) groups is 1. The summed E-state index contributed by atoms with van der Waals surface area (Å²) >= 11 is 1.35. The van der Waals surface area contributed by atoms with Crippen molar-refractivity contribution in [1.82, 2.24) is 0 Å². The van der Waals surface area contributed by atoms with Gasteiger partial charge in [0, 0.05) is 5.75 Å². The monoisotopic (exact) mass is 202 g/mol. The van der Waals surface area contributed by atoms with Gasteiger partial charge in [-0.3, -0.25) is 5.41 Å². The van der Waals surface area contributed by atoms with E-state index in [2.05, 4.69) is 0 Å². The van der Waals surface area contributed by atoms with E-state index in [-0.39, 0.29) is 17.6 Å². The Morgan fingerprint density at radius 2 is 1.92 bits per heavy atom. The van der Waals surface area contributed by atoms with E-state index in [1.807, 2.05) is 30.3 Å². The first-order chi connectivity index (χ1) is 5.29. The number of hydrogen-bond donors (Lipinski definition) is 2. The van der Waals surface area contributed by atoms with E-state index in [0.717, 1.165) is 5.75 Å². The third kappa shape index (κ3) is 4.26. The van der Waals surface area contributed by atoms with Crippen molar-refractivity contribution in [3.63, 3.8) is 0 Å². The number of rotatable bonds is 2. The Kier molecular flexibility index (Phi) is 5.58. The van der Waals surface area contributed by atoms with Crippen molar-refractivity contribution in [2.75, 3.05) is 0 Å². The maximum Gasteiger partial charge on any atom is 0.151 e. The maximum absolute atomic E-state index is 6.98. The molecule has 1 rings (SSSR count). The van der Waals surface area contributed by atoms with Crippen molar-refractivity contribution in [2.45, 2.75) is 5.75 Å². The minimum atomic E-state index is 0. The van der Waals surface area contributed by atoms with Gasteiger partial charge >= 0.3 is 0 Å². The van der Waals surface area contributed by atoms with Crippen LogP contribution in [0.15, 0.2) is 30.3 Å². The molecule has 0 radical (unpaired) electrons. The Labute approximate surface area is 82.5 Å². The summed E-state index contributed by atoms with van der Waals surface area (Å²) in [5.74, 6) is 0.788. The van der Waals surface area contributed by atoms with E-state index >= 15 is 0 Å². The average Bonchev–Trinajstić information content (AvgIpc) is 2.03. The van der Waals surface area contributed by atoms with Crippen LogP contribution >= 0.6 is 24.2 Å². The zero-order chi connectivity index (χ0) is 8.10. The number of nitrogens with two attached hydrogens (primary N) is 1. The molecule has 1 aromatic carbocycles. The largest absolute Gasteiger partial charge is 0.379 e. The van der Waals surface area contributed by atoms with E-state index in [9.17, 15) is 0 Å². The highest BCUT2D eigenvalue weighted by atomic mass is 35.5. The Balaban J connectivity index is 0.00000121. The third-order valence-corrected chi connectivity index (χ3v) is 2.03. The fraction of sp³-hybridized carbons (Fsp3) is 0.125. The molecule has 0 bridgehead atoms. The molecule has 4 heteroatoms. The fourth-order valence-corrected chi connectivity index (χ4v) is 1.25. The topological polar surface area (TPSA) is 49.9 Å². The quantitative estimate of drug-likeness (QED) is 0.571. The lowest BCUT2D eigenvalue weighted by molar-refractivity contribution is 1.42. The van der Waals surface area contributed by atoms with E-state index < -0.39 is 0 Å². The standard InChI is InChI=1S/C8H10N2S.ClH/c9-8(10)11-6-7-4-2-1-3-5-7;/h1-5H,6H2,(H3,9,10);1H. The van der Waals surface area contributed by atoms with E-state index in [1.54, 1.807) is 0 Å². The molecule has 0 heterocycles. The average molecular weight is 203 g/mol. The first-order valence-electron chi connectivity index (χ1n) is 3.30. The minimum absolute atomic E-state index is 0. The summed E-state index contributed by atoms with van der Waals surface area (Å²) in [7, 11) is 0. The van der Waals surface area contributed by atoms with Gasteiger partial charge in [-0.05, 0) is 5.56 Å². The molecule has 0 atom stereocenters. The Hall–Kier alpha value is -0.670. The van der Waals surface area contributed by atoms with Gasteiger partial charge in [0.2, 0.25) is 0 Å². The highest BCUT2D eigenvalue weighted by Crippen LogP contribution is 2.09. The molecule has 0 aliphatic heterocycles. The lowest BCUT2D eigenvalue weighted by Gasteiger charge is -1.97. The van der Waals surface area contributed by atoms with Gasteiger partial charge in [-0.15, -0.1) is 12.4 Å². The Morgan fingerprint density at radius 3 is 2.42 bits per heavy atom. The summed E-state index contributed by atoms with van der Waals surface area (Å²) in [6.07, 6.45) is 0. The van der Waals surface area contributed by atoms with Gasteiger partial charge in [-0.2, -0.15) is 0 Å². The molecule has 0 aliphatic carbocycles. The summed E-state index contributed by atoms with van der Waals surface area (Å²) in [5, 5.41) is 7.16. The van der Waals surface area contributed by atoms with Crippen LogP contribution in [0, 0.1) is 5.41 Å². The van der Waals surface area contributed by atoms with Crippen molar-refractivity contribution in [3.05, 3.63) is 35.9 Å². The predicted molar refractivity (Wildman–Crippen MR) is 56.9 cm³/mol. The number of amidine groups is 1. The van der Waals surface area contributed by atoms with Crippen LogP contribution in [0.4, 0.5) is 0 Å². The predicted octanol–water partition coefficient (Wildman–Crippen LogP) is 2.24. The lowest BCUT2D eigenvalue weighted by atomic mass is 10.2. The van der Waals surface area contributed by atoms with Crippen LogP contribution in [0.3, 0.4) is 0 Å². The SMILES string of the molecule is Cl.N=C(N)SCc1ccccc1. The Bertz CT molecular complexity index is 238. The molecule has 1 aromatic rings. The summed E-state index contributed by atoms with van der Waals surface area (Å²) in [6.45, 7) is 0. The number of benzene rings is 1. The van der Waals surface area contributed by atoms with Crippen molar-refractivity contribution < 1.29 is 0 Å². The zero-order valence-corrected chi connectivity index (χ0v) is 8.12. The highest BCUT2D eigenvalue weighted by Gasteiger charge is 1.92. The molecule has 0 aromatic heterocycles. The summed E-state index contributed by atoms with van der Waals surface area (Å²) in [5.41, 5.74) is 6.39. The van der Waals surface area contributed by atoms with Gasteiger partial charge in [-0.1, -0.05) is 42.1 Å². The number of hydrogen-bond acceptors (Lipinski definition) is 2. The molecule has 0 amide bonds. The smallest absolute Gasteiger partial charge is 0.151 e. The summed E-state index contributed by atoms with van der Waals surface area (Å²) in [4.78, 5) is 0.